The lowest BCUT2D eigenvalue weighted by Crippen LogP contribution is -2.43. The molecule has 4 rings (SSSR count). The molecule has 0 spiro atoms. The largest absolute Gasteiger partial charge is 0.386 e. The number of carbonyl (C=O) groups excluding carboxylic acids is 1. The Morgan fingerprint density at radius 1 is 1.19 bits per heavy atom. The minimum absolute atomic E-state index is 0.0416. The predicted octanol–water partition coefficient (Wildman–Crippen LogP) is 3.33. The van der Waals surface area contributed by atoms with Gasteiger partial charge in [0, 0.05) is 24.5 Å². The highest BCUT2D eigenvalue weighted by molar-refractivity contribution is 5.99. The number of hydrogen-bond donors (Lipinski definition) is 5. The Bertz CT molecular complexity index is 1120. The van der Waals surface area contributed by atoms with Crippen LogP contribution >= 0.6 is 0 Å². The van der Waals surface area contributed by atoms with E-state index in [1.807, 2.05) is 31.3 Å². The number of nitrogens with two attached hydrogens (primary N) is 2. The highest BCUT2D eigenvalue weighted by atomic mass is 19.1. The summed E-state index contributed by atoms with van der Waals surface area (Å²) >= 11 is 0. The molecule has 8 nitrogen and oxygen atoms in total. The SMILES string of the molecule is CNc1cccc2cc(Nc3nc(N[C@@H]4CCCC[C@@H]4N)c(F)cc3C(N)=O)cnc12. The highest BCUT2D eigenvalue weighted by Gasteiger charge is 2.24. The minimum atomic E-state index is -0.777. The fraction of sp³-hybridized carbons (Fsp3) is 0.318. The zero-order valence-electron chi connectivity index (χ0n) is 17.3. The number of rotatable bonds is 6. The second-order valence-electron chi connectivity index (χ2n) is 7.75. The van der Waals surface area contributed by atoms with Gasteiger partial charge < -0.3 is 27.4 Å². The van der Waals surface area contributed by atoms with E-state index in [9.17, 15) is 9.18 Å². The summed E-state index contributed by atoms with van der Waals surface area (Å²) in [7, 11) is 1.83. The Balaban J connectivity index is 1.67. The van der Waals surface area contributed by atoms with Gasteiger partial charge in [0.25, 0.3) is 5.91 Å². The van der Waals surface area contributed by atoms with Gasteiger partial charge in [-0.15, -0.1) is 0 Å². The average molecular weight is 423 g/mol. The van der Waals surface area contributed by atoms with Crippen LogP contribution in [0.3, 0.4) is 0 Å². The number of carbonyl (C=O) groups is 1. The molecule has 1 aliphatic carbocycles. The van der Waals surface area contributed by atoms with Crippen LogP contribution in [0.2, 0.25) is 0 Å². The number of pyridine rings is 2. The van der Waals surface area contributed by atoms with E-state index in [1.165, 1.54) is 0 Å². The summed E-state index contributed by atoms with van der Waals surface area (Å²) in [5.74, 6) is -1.22. The van der Waals surface area contributed by atoms with Crippen molar-refractivity contribution in [1.82, 2.24) is 9.97 Å². The van der Waals surface area contributed by atoms with Crippen molar-refractivity contribution in [3.05, 3.63) is 47.9 Å². The quantitative estimate of drug-likeness (QED) is 0.411. The van der Waals surface area contributed by atoms with E-state index >= 15 is 0 Å². The summed E-state index contributed by atoms with van der Waals surface area (Å²) in [6.45, 7) is 0. The molecular weight excluding hydrogens is 397 g/mol. The minimum Gasteiger partial charge on any atom is -0.386 e. The molecule has 2 aromatic heterocycles. The van der Waals surface area contributed by atoms with Gasteiger partial charge in [-0.1, -0.05) is 25.0 Å². The Kier molecular flexibility index (Phi) is 5.85. The lowest BCUT2D eigenvalue weighted by molar-refractivity contribution is 0.100. The zero-order valence-corrected chi connectivity index (χ0v) is 17.3. The molecule has 0 radical (unpaired) electrons. The van der Waals surface area contributed by atoms with Crippen LogP contribution in [-0.4, -0.2) is 35.0 Å². The molecular formula is C22H26FN7O. The number of nitrogens with zero attached hydrogens (tertiary/aromatic N) is 2. The van der Waals surface area contributed by atoms with E-state index in [1.54, 1.807) is 6.20 Å². The van der Waals surface area contributed by atoms with Gasteiger partial charge in [-0.3, -0.25) is 9.78 Å². The molecule has 1 amide bonds. The maximum Gasteiger partial charge on any atom is 0.252 e. The molecule has 0 aliphatic heterocycles. The summed E-state index contributed by atoms with van der Waals surface area (Å²) in [6.07, 6.45) is 5.43. The molecule has 9 heteroatoms. The number of aromatic nitrogens is 2. The van der Waals surface area contributed by atoms with E-state index in [4.69, 9.17) is 11.5 Å². The standard InChI is InChI=1S/C22H26FN7O/c1-26-18-8-4-5-12-9-13(11-27-19(12)18)28-21-14(20(25)31)10-15(23)22(30-21)29-17-7-3-2-6-16(17)24/h4-5,8-11,16-17,26H,2-3,6-7,24H2,1H3,(H2,25,31)(H2,28,29,30)/t16-,17+/m0/s1. The second kappa shape index (κ2) is 8.73. The number of halogens is 1. The molecule has 0 bridgehead atoms. The van der Waals surface area contributed by atoms with Crippen molar-refractivity contribution in [2.75, 3.05) is 23.0 Å². The van der Waals surface area contributed by atoms with E-state index < -0.39 is 11.7 Å². The molecule has 2 heterocycles. The average Bonchev–Trinajstić information content (AvgIpc) is 2.76. The van der Waals surface area contributed by atoms with E-state index in [-0.39, 0.29) is 29.3 Å². The molecule has 0 saturated heterocycles. The third kappa shape index (κ3) is 4.36. The van der Waals surface area contributed by atoms with Gasteiger partial charge in [0.2, 0.25) is 0 Å². The molecule has 2 atom stereocenters. The van der Waals surface area contributed by atoms with Crippen LogP contribution in [0.1, 0.15) is 36.0 Å². The third-order valence-corrected chi connectivity index (χ3v) is 5.63. The first-order chi connectivity index (χ1) is 15.0. The van der Waals surface area contributed by atoms with Crippen molar-refractivity contribution >= 4 is 39.8 Å². The summed E-state index contributed by atoms with van der Waals surface area (Å²) in [5.41, 5.74) is 13.9. The first-order valence-corrected chi connectivity index (χ1v) is 10.3. The van der Waals surface area contributed by atoms with Crippen LogP contribution in [0.4, 0.5) is 27.4 Å². The van der Waals surface area contributed by atoms with Crippen molar-refractivity contribution in [1.29, 1.82) is 0 Å². The highest BCUT2D eigenvalue weighted by Crippen LogP contribution is 2.28. The normalized spacial score (nSPS) is 18.5. The van der Waals surface area contributed by atoms with Crippen molar-refractivity contribution in [3.63, 3.8) is 0 Å². The van der Waals surface area contributed by atoms with Crippen LogP contribution in [0.15, 0.2) is 36.5 Å². The van der Waals surface area contributed by atoms with Gasteiger partial charge in [-0.25, -0.2) is 9.37 Å². The van der Waals surface area contributed by atoms with Crippen molar-refractivity contribution in [2.24, 2.45) is 11.5 Å². The maximum atomic E-state index is 14.7. The third-order valence-electron chi connectivity index (χ3n) is 5.63. The summed E-state index contributed by atoms with van der Waals surface area (Å²) in [4.78, 5) is 20.8. The van der Waals surface area contributed by atoms with Gasteiger partial charge in [0.1, 0.15) is 5.82 Å². The number of amides is 1. The van der Waals surface area contributed by atoms with Crippen molar-refractivity contribution in [3.8, 4) is 0 Å². The Morgan fingerprint density at radius 3 is 2.74 bits per heavy atom. The monoisotopic (exact) mass is 423 g/mol. The van der Waals surface area contributed by atoms with E-state index in [0.29, 0.717) is 5.69 Å². The van der Waals surface area contributed by atoms with Crippen LogP contribution in [0.5, 0.6) is 0 Å². The zero-order chi connectivity index (χ0) is 22.0. The summed E-state index contributed by atoms with van der Waals surface area (Å²) < 4.78 is 14.7. The first-order valence-electron chi connectivity index (χ1n) is 10.3. The van der Waals surface area contributed by atoms with Gasteiger partial charge in [0.15, 0.2) is 11.6 Å². The number of anilines is 4. The maximum absolute atomic E-state index is 14.7. The molecule has 162 valence electrons. The number of fused-ring (bicyclic) bond motifs is 1. The van der Waals surface area contributed by atoms with E-state index in [0.717, 1.165) is 48.3 Å². The fourth-order valence-electron chi connectivity index (χ4n) is 3.96. The molecule has 31 heavy (non-hydrogen) atoms. The number of primary amides is 1. The molecule has 3 aromatic rings. The fourth-order valence-corrected chi connectivity index (χ4v) is 3.96. The lowest BCUT2D eigenvalue weighted by atomic mass is 9.91. The Labute approximate surface area is 179 Å². The van der Waals surface area contributed by atoms with Crippen LogP contribution < -0.4 is 27.4 Å². The Hall–Kier alpha value is -3.46. The first kappa shape index (κ1) is 20.8. The number of nitrogens with one attached hydrogen (secondary N) is 3. The van der Waals surface area contributed by atoms with Gasteiger partial charge >= 0.3 is 0 Å². The predicted molar refractivity (Wildman–Crippen MR) is 121 cm³/mol. The molecule has 1 saturated carbocycles. The van der Waals surface area contributed by atoms with Crippen molar-refractivity contribution in [2.45, 2.75) is 37.8 Å². The van der Waals surface area contributed by atoms with Crippen molar-refractivity contribution < 1.29 is 9.18 Å². The number of hydrogen-bond acceptors (Lipinski definition) is 7. The number of para-hydroxylation sites is 1. The summed E-state index contributed by atoms with van der Waals surface area (Å²) in [6, 6.07) is 8.60. The van der Waals surface area contributed by atoms with Crippen LogP contribution in [0.25, 0.3) is 10.9 Å². The molecule has 1 aliphatic rings. The summed E-state index contributed by atoms with van der Waals surface area (Å²) in [5, 5.41) is 10.2. The van der Waals surface area contributed by atoms with Crippen LogP contribution in [-0.2, 0) is 0 Å². The van der Waals surface area contributed by atoms with Gasteiger partial charge in [-0.05, 0) is 31.0 Å². The number of benzene rings is 1. The van der Waals surface area contributed by atoms with Gasteiger partial charge in [-0.2, -0.15) is 0 Å². The smallest absolute Gasteiger partial charge is 0.252 e. The lowest BCUT2D eigenvalue weighted by Gasteiger charge is -2.30. The molecule has 1 aromatic carbocycles. The van der Waals surface area contributed by atoms with E-state index in [2.05, 4.69) is 25.9 Å². The van der Waals surface area contributed by atoms with Crippen LogP contribution in [0, 0.1) is 5.82 Å². The second-order valence-corrected chi connectivity index (χ2v) is 7.75. The molecule has 1 fully saturated rings. The molecule has 0 unspecified atom stereocenters. The Morgan fingerprint density at radius 2 is 2.00 bits per heavy atom. The topological polar surface area (TPSA) is 131 Å². The molecule has 7 N–H and O–H groups in total. The van der Waals surface area contributed by atoms with Gasteiger partial charge in [0.05, 0.1) is 28.7 Å².